The number of fused-ring (bicyclic) bond motifs is 4. The zero-order chi connectivity index (χ0) is 24.0. The average molecular weight is 508 g/mol. The van der Waals surface area contributed by atoms with Crippen molar-refractivity contribution in [3.8, 4) is 11.5 Å². The Balaban J connectivity index is 1.34. The molecule has 0 aliphatic carbocycles. The molecule has 1 saturated heterocycles. The van der Waals surface area contributed by atoms with Crippen LogP contribution in [0.25, 0.3) is 0 Å². The number of hydrogen-bond donors (Lipinski definition) is 0. The topological polar surface area (TPSA) is 37.3 Å². The standard InChI is InChI=1S/C28H27Cl2N3O2/c1-34-26-9-5-8-21-25-17-24(20-10-11-22(29)23(30)16-20)31-33(25)28(35-27(21)26)12-14-32(15-13-28)18-19-6-3-2-4-7-19/h2-11,16,25H,12-15,17-18H2,1H3/t25-/m0/s1. The van der Waals surface area contributed by atoms with Crippen LogP contribution in [-0.2, 0) is 6.54 Å². The predicted octanol–water partition coefficient (Wildman–Crippen LogP) is 6.54. The number of methoxy groups -OCH3 is 1. The van der Waals surface area contributed by atoms with E-state index in [4.69, 9.17) is 37.8 Å². The average Bonchev–Trinajstić information content (AvgIpc) is 3.35. The Morgan fingerprint density at radius 3 is 2.54 bits per heavy atom. The van der Waals surface area contributed by atoms with Crippen LogP contribution in [0.2, 0.25) is 10.0 Å². The summed E-state index contributed by atoms with van der Waals surface area (Å²) in [5.74, 6) is 1.62. The van der Waals surface area contributed by atoms with Crippen molar-refractivity contribution in [3.63, 3.8) is 0 Å². The quantitative estimate of drug-likeness (QED) is 0.401. The van der Waals surface area contributed by atoms with E-state index in [0.29, 0.717) is 10.0 Å². The molecule has 3 aliphatic heterocycles. The van der Waals surface area contributed by atoms with E-state index in [-0.39, 0.29) is 6.04 Å². The Morgan fingerprint density at radius 1 is 1.00 bits per heavy atom. The number of likely N-dealkylation sites (tertiary alicyclic amines) is 1. The maximum absolute atomic E-state index is 6.84. The second kappa shape index (κ2) is 9.05. The Bertz CT molecular complexity index is 1270. The molecule has 5 nitrogen and oxygen atoms in total. The van der Waals surface area contributed by atoms with Crippen molar-refractivity contribution < 1.29 is 9.47 Å². The van der Waals surface area contributed by atoms with Crippen LogP contribution in [-0.4, -0.2) is 41.5 Å². The van der Waals surface area contributed by atoms with Crippen molar-refractivity contribution in [1.82, 2.24) is 9.91 Å². The monoisotopic (exact) mass is 507 g/mol. The van der Waals surface area contributed by atoms with Crippen LogP contribution in [0.5, 0.6) is 11.5 Å². The number of nitrogens with zero attached hydrogens (tertiary/aromatic N) is 3. The van der Waals surface area contributed by atoms with E-state index in [1.165, 1.54) is 5.56 Å². The fourth-order valence-electron chi connectivity index (χ4n) is 5.51. The third-order valence-corrected chi connectivity index (χ3v) is 8.09. The van der Waals surface area contributed by atoms with E-state index >= 15 is 0 Å². The zero-order valence-corrected chi connectivity index (χ0v) is 21.1. The highest BCUT2D eigenvalue weighted by Gasteiger charge is 2.52. The minimum Gasteiger partial charge on any atom is -0.493 e. The Hall–Kier alpha value is -2.73. The van der Waals surface area contributed by atoms with E-state index in [9.17, 15) is 0 Å². The second-order valence-electron chi connectivity index (χ2n) is 9.43. The summed E-state index contributed by atoms with van der Waals surface area (Å²) < 4.78 is 12.6. The van der Waals surface area contributed by atoms with Gasteiger partial charge < -0.3 is 9.47 Å². The molecule has 3 aliphatic rings. The number of piperidine rings is 1. The highest BCUT2D eigenvalue weighted by Crippen LogP contribution is 2.52. The highest BCUT2D eigenvalue weighted by molar-refractivity contribution is 6.42. The van der Waals surface area contributed by atoms with E-state index < -0.39 is 5.72 Å². The van der Waals surface area contributed by atoms with E-state index in [1.807, 2.05) is 30.3 Å². The van der Waals surface area contributed by atoms with Gasteiger partial charge in [0.1, 0.15) is 0 Å². The molecule has 1 spiro atoms. The molecule has 0 N–H and O–H groups in total. The molecule has 1 atom stereocenters. The van der Waals surface area contributed by atoms with Crippen LogP contribution in [0.15, 0.2) is 71.8 Å². The number of benzene rings is 3. The smallest absolute Gasteiger partial charge is 0.200 e. The predicted molar refractivity (Wildman–Crippen MR) is 140 cm³/mol. The van der Waals surface area contributed by atoms with Crippen molar-refractivity contribution in [3.05, 3.63) is 93.5 Å². The van der Waals surface area contributed by atoms with E-state index in [2.05, 4.69) is 46.3 Å². The molecule has 35 heavy (non-hydrogen) atoms. The number of hydrazone groups is 1. The number of rotatable bonds is 4. The fourth-order valence-corrected chi connectivity index (χ4v) is 5.81. The second-order valence-corrected chi connectivity index (χ2v) is 10.2. The summed E-state index contributed by atoms with van der Waals surface area (Å²) in [4.78, 5) is 2.50. The lowest BCUT2D eigenvalue weighted by Gasteiger charge is -2.51. The minimum atomic E-state index is -0.516. The molecule has 1 fully saturated rings. The van der Waals surface area contributed by atoms with E-state index in [0.717, 1.165) is 67.2 Å². The molecular weight excluding hydrogens is 481 g/mol. The molecule has 0 amide bonds. The number of halogens is 2. The van der Waals surface area contributed by atoms with Crippen molar-refractivity contribution in [2.75, 3.05) is 20.2 Å². The van der Waals surface area contributed by atoms with Gasteiger partial charge in [0.05, 0.1) is 28.9 Å². The first-order valence-electron chi connectivity index (χ1n) is 12.0. The number of hydrogen-bond acceptors (Lipinski definition) is 5. The van der Waals surface area contributed by atoms with Gasteiger partial charge in [-0.05, 0) is 29.3 Å². The Labute approximate surface area is 215 Å². The fraction of sp³-hybridized carbons (Fsp3) is 0.321. The zero-order valence-electron chi connectivity index (χ0n) is 19.6. The van der Waals surface area contributed by atoms with Gasteiger partial charge in [-0.15, -0.1) is 0 Å². The number of para-hydroxylation sites is 1. The van der Waals surface area contributed by atoms with Gasteiger partial charge in [-0.2, -0.15) is 5.10 Å². The van der Waals surface area contributed by atoms with Gasteiger partial charge in [0.25, 0.3) is 0 Å². The van der Waals surface area contributed by atoms with Crippen LogP contribution in [0.4, 0.5) is 0 Å². The summed E-state index contributed by atoms with van der Waals surface area (Å²) in [5, 5.41) is 8.46. The maximum Gasteiger partial charge on any atom is 0.200 e. The van der Waals surface area contributed by atoms with E-state index in [1.54, 1.807) is 7.11 Å². The summed E-state index contributed by atoms with van der Waals surface area (Å²) in [6.45, 7) is 2.80. The summed E-state index contributed by atoms with van der Waals surface area (Å²) in [7, 11) is 1.70. The SMILES string of the molecule is COc1cccc2c1OC1(CCN(Cc3ccccc3)CC1)N1N=C(c3ccc(Cl)c(Cl)c3)C[C@@H]21. The molecule has 7 heteroatoms. The molecule has 0 aromatic heterocycles. The van der Waals surface area contributed by atoms with Gasteiger partial charge >= 0.3 is 0 Å². The molecule has 0 saturated carbocycles. The summed E-state index contributed by atoms with van der Waals surface area (Å²) >= 11 is 12.5. The first-order valence-corrected chi connectivity index (χ1v) is 12.8. The molecule has 6 rings (SSSR count). The third kappa shape index (κ3) is 4.06. The molecule has 0 unspecified atom stereocenters. The lowest BCUT2D eigenvalue weighted by molar-refractivity contribution is -0.151. The minimum absolute atomic E-state index is 0.0824. The molecule has 3 heterocycles. The summed E-state index contributed by atoms with van der Waals surface area (Å²) in [6, 6.07) is 22.6. The lowest BCUT2D eigenvalue weighted by atomic mass is 9.90. The van der Waals surface area contributed by atoms with Crippen LogP contribution in [0.1, 0.15) is 42.0 Å². The van der Waals surface area contributed by atoms with Gasteiger partial charge in [0.2, 0.25) is 5.72 Å². The van der Waals surface area contributed by atoms with Crippen molar-refractivity contribution in [2.24, 2.45) is 5.10 Å². The van der Waals surface area contributed by atoms with Crippen LogP contribution in [0, 0.1) is 0 Å². The first-order chi connectivity index (χ1) is 17.1. The van der Waals surface area contributed by atoms with Gasteiger partial charge in [-0.25, -0.2) is 5.01 Å². The molecule has 3 aromatic carbocycles. The number of ether oxygens (including phenoxy) is 2. The normalized spacial score (nSPS) is 20.7. The van der Waals surface area contributed by atoms with Crippen LogP contribution >= 0.6 is 23.2 Å². The molecular formula is C28H27Cl2N3O2. The highest BCUT2D eigenvalue weighted by atomic mass is 35.5. The Kier molecular flexibility index (Phi) is 5.87. The summed E-state index contributed by atoms with van der Waals surface area (Å²) in [5.41, 5.74) is 3.92. The molecule has 3 aromatic rings. The summed E-state index contributed by atoms with van der Waals surface area (Å²) in [6.07, 6.45) is 2.48. The van der Waals surface area contributed by atoms with Gasteiger partial charge in [0, 0.05) is 44.5 Å². The molecule has 0 radical (unpaired) electrons. The van der Waals surface area contributed by atoms with Crippen molar-refractivity contribution in [1.29, 1.82) is 0 Å². The largest absolute Gasteiger partial charge is 0.493 e. The first kappa shape index (κ1) is 22.7. The van der Waals surface area contributed by atoms with Gasteiger partial charge in [-0.3, -0.25) is 4.90 Å². The van der Waals surface area contributed by atoms with Crippen LogP contribution < -0.4 is 9.47 Å². The maximum atomic E-state index is 6.84. The van der Waals surface area contributed by atoms with Crippen LogP contribution in [0.3, 0.4) is 0 Å². The third-order valence-electron chi connectivity index (χ3n) is 7.35. The van der Waals surface area contributed by atoms with Crippen molar-refractivity contribution >= 4 is 28.9 Å². The lowest BCUT2D eigenvalue weighted by Crippen LogP contribution is -2.59. The molecule has 0 bridgehead atoms. The molecule has 180 valence electrons. The van der Waals surface area contributed by atoms with Gasteiger partial charge in [-0.1, -0.05) is 71.7 Å². The van der Waals surface area contributed by atoms with Gasteiger partial charge in [0.15, 0.2) is 11.5 Å². The Morgan fingerprint density at radius 2 is 1.80 bits per heavy atom. The van der Waals surface area contributed by atoms with Crippen molar-refractivity contribution in [2.45, 2.75) is 37.6 Å².